The average molecular weight is 431 g/mol. The normalized spacial score (nSPS) is 21.1. The lowest BCUT2D eigenvalue weighted by molar-refractivity contribution is -0.148. The van der Waals surface area contributed by atoms with Crippen LogP contribution in [0.1, 0.15) is 59.3 Å². The van der Waals surface area contributed by atoms with Crippen LogP contribution in [-0.2, 0) is 19.1 Å². The fourth-order valence-electron chi connectivity index (χ4n) is 4.40. The van der Waals surface area contributed by atoms with E-state index in [-0.39, 0.29) is 44.0 Å². The molecule has 7 nitrogen and oxygen atoms in total. The zero-order valence-electron chi connectivity index (χ0n) is 18.8. The number of nitrogens with one attached hydrogen (secondary N) is 1. The number of benzene rings is 1. The lowest BCUT2D eigenvalue weighted by Gasteiger charge is -2.39. The Morgan fingerprint density at radius 3 is 2.61 bits per heavy atom. The maximum Gasteiger partial charge on any atom is 0.308 e. The summed E-state index contributed by atoms with van der Waals surface area (Å²) < 4.78 is 10.5. The first-order valence-corrected chi connectivity index (χ1v) is 11.3. The van der Waals surface area contributed by atoms with Crippen molar-refractivity contribution in [2.24, 2.45) is 11.3 Å². The SMILES string of the molecule is CCC(C)(C)C1CCC(NC(=O)COC(=O)CCN2C(=O)COc3ccccc32)CC1. The van der Waals surface area contributed by atoms with Crippen molar-refractivity contribution in [1.82, 2.24) is 5.32 Å². The molecule has 3 rings (SSSR count). The van der Waals surface area contributed by atoms with Gasteiger partial charge in [-0.3, -0.25) is 14.4 Å². The van der Waals surface area contributed by atoms with Gasteiger partial charge < -0.3 is 19.7 Å². The van der Waals surface area contributed by atoms with Crippen LogP contribution in [0, 0.1) is 11.3 Å². The van der Waals surface area contributed by atoms with Crippen LogP contribution in [0.15, 0.2) is 24.3 Å². The van der Waals surface area contributed by atoms with Crippen LogP contribution in [0.3, 0.4) is 0 Å². The standard InChI is InChI=1S/C24H34N2O5/c1-4-24(2,3)17-9-11-18(12-10-17)25-21(27)15-31-23(29)13-14-26-19-7-5-6-8-20(19)30-16-22(26)28/h5-8,17-18H,4,9-16H2,1-3H3,(H,25,27). The zero-order chi connectivity index (χ0) is 22.4. The first-order valence-electron chi connectivity index (χ1n) is 11.3. The molecule has 2 amide bonds. The minimum absolute atomic E-state index is 0.0184. The third-order valence-corrected chi connectivity index (χ3v) is 6.82. The lowest BCUT2D eigenvalue weighted by Crippen LogP contribution is -2.42. The number of anilines is 1. The highest BCUT2D eigenvalue weighted by molar-refractivity contribution is 5.98. The molecule has 1 aromatic carbocycles. The van der Waals surface area contributed by atoms with E-state index in [4.69, 9.17) is 9.47 Å². The Kier molecular flexibility index (Phi) is 7.57. The predicted octanol–water partition coefficient (Wildman–Crippen LogP) is 3.46. The fourth-order valence-corrected chi connectivity index (χ4v) is 4.40. The van der Waals surface area contributed by atoms with E-state index in [0.717, 1.165) is 32.1 Å². The molecule has 7 heteroatoms. The van der Waals surface area contributed by atoms with E-state index < -0.39 is 5.97 Å². The van der Waals surface area contributed by atoms with Gasteiger partial charge in [-0.05, 0) is 49.1 Å². The second-order valence-electron chi connectivity index (χ2n) is 9.17. The molecule has 1 N–H and O–H groups in total. The van der Waals surface area contributed by atoms with Crippen LogP contribution < -0.4 is 15.0 Å². The van der Waals surface area contributed by atoms with E-state index in [2.05, 4.69) is 26.1 Å². The smallest absolute Gasteiger partial charge is 0.308 e. The number of hydrogen-bond acceptors (Lipinski definition) is 5. The van der Waals surface area contributed by atoms with Crippen LogP contribution in [0.5, 0.6) is 5.75 Å². The molecule has 0 atom stereocenters. The van der Waals surface area contributed by atoms with Gasteiger partial charge in [0.05, 0.1) is 12.1 Å². The number of esters is 1. The Balaban J connectivity index is 1.38. The molecule has 0 aromatic heterocycles. The van der Waals surface area contributed by atoms with Crippen molar-refractivity contribution in [2.45, 2.75) is 65.3 Å². The third kappa shape index (κ3) is 5.99. The van der Waals surface area contributed by atoms with Crippen molar-refractivity contribution in [3.05, 3.63) is 24.3 Å². The van der Waals surface area contributed by atoms with Gasteiger partial charge in [0.2, 0.25) is 0 Å². The van der Waals surface area contributed by atoms with Gasteiger partial charge in [-0.25, -0.2) is 0 Å². The highest BCUT2D eigenvalue weighted by atomic mass is 16.5. The second-order valence-corrected chi connectivity index (χ2v) is 9.17. The van der Waals surface area contributed by atoms with Crippen LogP contribution in [0.4, 0.5) is 5.69 Å². The number of para-hydroxylation sites is 2. The largest absolute Gasteiger partial charge is 0.482 e. The maximum absolute atomic E-state index is 12.2. The molecule has 0 unspecified atom stereocenters. The molecule has 2 aliphatic rings. The quantitative estimate of drug-likeness (QED) is 0.639. The molecule has 1 saturated carbocycles. The lowest BCUT2D eigenvalue weighted by atomic mass is 9.69. The first-order chi connectivity index (χ1) is 14.8. The van der Waals surface area contributed by atoms with E-state index in [0.29, 0.717) is 22.8 Å². The topological polar surface area (TPSA) is 84.9 Å². The highest BCUT2D eigenvalue weighted by Gasteiger charge is 2.32. The molecule has 0 saturated heterocycles. The Morgan fingerprint density at radius 2 is 1.90 bits per heavy atom. The van der Waals surface area contributed by atoms with Gasteiger partial charge in [-0.15, -0.1) is 0 Å². The molecule has 1 fully saturated rings. The highest BCUT2D eigenvalue weighted by Crippen LogP contribution is 2.40. The molecule has 1 aromatic rings. The first kappa shape index (κ1) is 23.1. The van der Waals surface area contributed by atoms with E-state index in [1.54, 1.807) is 12.1 Å². The minimum Gasteiger partial charge on any atom is -0.482 e. The number of amides is 2. The minimum atomic E-state index is -0.500. The fraction of sp³-hybridized carbons (Fsp3) is 0.625. The van der Waals surface area contributed by atoms with Crippen molar-refractivity contribution >= 4 is 23.5 Å². The average Bonchev–Trinajstić information content (AvgIpc) is 2.77. The van der Waals surface area contributed by atoms with Gasteiger partial charge in [-0.2, -0.15) is 0 Å². The third-order valence-electron chi connectivity index (χ3n) is 6.82. The number of hydrogen-bond donors (Lipinski definition) is 1. The molecule has 0 bridgehead atoms. The van der Waals surface area contributed by atoms with E-state index in [1.165, 1.54) is 4.90 Å². The van der Waals surface area contributed by atoms with Gasteiger partial charge >= 0.3 is 5.97 Å². The van der Waals surface area contributed by atoms with Gasteiger partial charge in [0.25, 0.3) is 11.8 Å². The number of nitrogens with zero attached hydrogens (tertiary/aromatic N) is 1. The molecular weight excluding hydrogens is 396 g/mol. The van der Waals surface area contributed by atoms with Crippen LogP contribution in [0.25, 0.3) is 0 Å². The number of ether oxygens (including phenoxy) is 2. The zero-order valence-corrected chi connectivity index (χ0v) is 18.8. The summed E-state index contributed by atoms with van der Waals surface area (Å²) in [6.45, 7) is 6.73. The number of fused-ring (bicyclic) bond motifs is 1. The maximum atomic E-state index is 12.2. The number of carbonyl (C=O) groups excluding carboxylic acids is 3. The van der Waals surface area contributed by atoms with Gasteiger partial charge in [0.15, 0.2) is 13.2 Å². The summed E-state index contributed by atoms with van der Waals surface area (Å²) in [5.41, 5.74) is 0.985. The Labute approximate surface area is 184 Å². The van der Waals surface area contributed by atoms with Crippen LogP contribution >= 0.6 is 0 Å². The number of rotatable bonds is 8. The van der Waals surface area contributed by atoms with Gasteiger partial charge in [0.1, 0.15) is 5.75 Å². The molecule has 31 heavy (non-hydrogen) atoms. The summed E-state index contributed by atoms with van der Waals surface area (Å²) in [6.07, 6.45) is 5.33. The summed E-state index contributed by atoms with van der Waals surface area (Å²) >= 11 is 0. The number of carbonyl (C=O) groups is 3. The Hall–Kier alpha value is -2.57. The molecule has 0 spiro atoms. The Bertz CT molecular complexity index is 799. The summed E-state index contributed by atoms with van der Waals surface area (Å²) in [5, 5.41) is 2.99. The van der Waals surface area contributed by atoms with Gasteiger partial charge in [0, 0.05) is 12.6 Å². The Morgan fingerprint density at radius 1 is 1.19 bits per heavy atom. The molecule has 170 valence electrons. The van der Waals surface area contributed by atoms with Crippen molar-refractivity contribution in [3.8, 4) is 5.75 Å². The second kappa shape index (κ2) is 10.2. The van der Waals surface area contributed by atoms with Gasteiger partial charge in [-0.1, -0.05) is 39.3 Å². The van der Waals surface area contributed by atoms with E-state index in [1.807, 2.05) is 12.1 Å². The molecular formula is C24H34N2O5. The summed E-state index contributed by atoms with van der Waals surface area (Å²) in [4.78, 5) is 38.0. The van der Waals surface area contributed by atoms with E-state index >= 15 is 0 Å². The molecule has 1 aliphatic heterocycles. The van der Waals surface area contributed by atoms with Crippen molar-refractivity contribution in [3.63, 3.8) is 0 Å². The molecule has 1 aliphatic carbocycles. The monoisotopic (exact) mass is 430 g/mol. The van der Waals surface area contributed by atoms with Crippen molar-refractivity contribution in [1.29, 1.82) is 0 Å². The predicted molar refractivity (Wildman–Crippen MR) is 118 cm³/mol. The van der Waals surface area contributed by atoms with Crippen LogP contribution in [0.2, 0.25) is 0 Å². The van der Waals surface area contributed by atoms with Crippen molar-refractivity contribution < 1.29 is 23.9 Å². The summed E-state index contributed by atoms with van der Waals surface area (Å²) in [5.74, 6) is 0.342. The molecule has 1 heterocycles. The summed E-state index contributed by atoms with van der Waals surface area (Å²) in [6, 6.07) is 7.36. The molecule has 0 radical (unpaired) electrons. The van der Waals surface area contributed by atoms with Crippen LogP contribution in [-0.4, -0.2) is 43.6 Å². The van der Waals surface area contributed by atoms with Crippen molar-refractivity contribution in [2.75, 3.05) is 24.7 Å². The van der Waals surface area contributed by atoms with E-state index in [9.17, 15) is 14.4 Å². The summed E-state index contributed by atoms with van der Waals surface area (Å²) in [7, 11) is 0.